The van der Waals surface area contributed by atoms with Crippen LogP contribution >= 0.6 is 0 Å². The number of nitrogens with one attached hydrogen (secondary N) is 1. The Morgan fingerprint density at radius 2 is 2.04 bits per heavy atom. The van der Waals surface area contributed by atoms with Gasteiger partial charge in [-0.25, -0.2) is 4.79 Å². The lowest BCUT2D eigenvalue weighted by Crippen LogP contribution is -2.36. The van der Waals surface area contributed by atoms with Gasteiger partial charge in [-0.1, -0.05) is 6.58 Å². The Balaban J connectivity index is 2.17. The summed E-state index contributed by atoms with van der Waals surface area (Å²) in [6, 6.07) is 0. The van der Waals surface area contributed by atoms with Crippen LogP contribution in [0.3, 0.4) is 0 Å². The highest BCUT2D eigenvalue weighted by molar-refractivity contribution is 6.22. The molecule has 2 aliphatic heterocycles. The number of amides is 1. The maximum absolute atomic E-state index is 12.5. The minimum Gasteiger partial charge on any atom is -0.451 e. The van der Waals surface area contributed by atoms with Crippen LogP contribution in [0.4, 0.5) is 0 Å². The van der Waals surface area contributed by atoms with Crippen molar-refractivity contribution in [3.05, 3.63) is 34.6 Å². The topological polar surface area (TPSA) is 67.8 Å². The van der Waals surface area contributed by atoms with Gasteiger partial charge >= 0.3 is 5.97 Å². The first-order valence-corrected chi connectivity index (χ1v) is 7.93. The van der Waals surface area contributed by atoms with E-state index in [2.05, 4.69) is 16.9 Å². The number of nitrogens with zero attached hydrogens (tertiary/aromatic N) is 1. The Hall–Kier alpha value is -2.17. The van der Waals surface area contributed by atoms with Crippen LogP contribution in [0.5, 0.6) is 0 Å². The molecule has 1 aliphatic carbocycles. The van der Waals surface area contributed by atoms with Crippen LogP contribution in [0.2, 0.25) is 0 Å². The number of esters is 1. The molecule has 5 nitrogen and oxygen atoms in total. The Morgan fingerprint density at radius 3 is 2.61 bits per heavy atom. The van der Waals surface area contributed by atoms with E-state index < -0.39 is 5.60 Å². The molecular weight excluding hydrogens is 292 g/mol. The average Bonchev–Trinajstić information content (AvgIpc) is 3.30. The Bertz CT molecular complexity index is 719. The first kappa shape index (κ1) is 15.7. The van der Waals surface area contributed by atoms with Gasteiger partial charge in [0, 0.05) is 19.0 Å². The molecule has 0 aromatic rings. The molecule has 23 heavy (non-hydrogen) atoms. The lowest BCUT2D eigenvalue weighted by atomic mass is 9.87. The SMILES string of the molecule is C=C1C2=C(CC(C3CC3)=C(C(=O)NC)C(C)=N2)C(=O)OC1(C)C. The number of aliphatic imine (C=N–C) groups is 1. The van der Waals surface area contributed by atoms with Gasteiger partial charge in [0.2, 0.25) is 0 Å². The maximum Gasteiger partial charge on any atom is 0.337 e. The van der Waals surface area contributed by atoms with Crippen LogP contribution in [0.25, 0.3) is 0 Å². The molecule has 0 bridgehead atoms. The predicted molar refractivity (Wildman–Crippen MR) is 87.9 cm³/mol. The van der Waals surface area contributed by atoms with Crippen molar-refractivity contribution in [1.29, 1.82) is 0 Å². The summed E-state index contributed by atoms with van der Waals surface area (Å²) in [5.41, 5.74) is 3.26. The molecule has 0 unspecified atom stereocenters. The third kappa shape index (κ3) is 2.54. The van der Waals surface area contributed by atoms with Crippen molar-refractivity contribution in [2.24, 2.45) is 10.9 Å². The monoisotopic (exact) mass is 314 g/mol. The van der Waals surface area contributed by atoms with Crippen molar-refractivity contribution in [2.75, 3.05) is 7.05 Å². The van der Waals surface area contributed by atoms with Crippen molar-refractivity contribution < 1.29 is 14.3 Å². The Kier molecular flexibility index (Phi) is 3.54. The van der Waals surface area contributed by atoms with Gasteiger partial charge in [0.15, 0.2) is 0 Å². The van der Waals surface area contributed by atoms with E-state index in [0.29, 0.717) is 40.5 Å². The van der Waals surface area contributed by atoms with Crippen molar-refractivity contribution in [3.63, 3.8) is 0 Å². The molecule has 5 heteroatoms. The summed E-state index contributed by atoms with van der Waals surface area (Å²) >= 11 is 0. The van der Waals surface area contributed by atoms with Crippen molar-refractivity contribution in [1.82, 2.24) is 5.32 Å². The van der Waals surface area contributed by atoms with Crippen LogP contribution in [-0.2, 0) is 14.3 Å². The number of cyclic esters (lactones) is 1. The van der Waals surface area contributed by atoms with Gasteiger partial charge in [-0.2, -0.15) is 0 Å². The fraction of sp³-hybridized carbons (Fsp3) is 0.500. The molecule has 3 aliphatic rings. The van der Waals surface area contributed by atoms with Crippen LogP contribution < -0.4 is 5.32 Å². The molecule has 1 amide bonds. The van der Waals surface area contributed by atoms with E-state index in [0.717, 1.165) is 18.4 Å². The molecule has 0 radical (unpaired) electrons. The van der Waals surface area contributed by atoms with E-state index in [1.54, 1.807) is 7.05 Å². The summed E-state index contributed by atoms with van der Waals surface area (Å²) in [5.74, 6) is -0.146. The van der Waals surface area contributed by atoms with Gasteiger partial charge < -0.3 is 10.1 Å². The van der Waals surface area contributed by atoms with Crippen LogP contribution in [-0.4, -0.2) is 30.2 Å². The molecule has 2 heterocycles. The number of ether oxygens (including phenoxy) is 1. The van der Waals surface area contributed by atoms with E-state index in [1.807, 2.05) is 20.8 Å². The molecule has 1 N–H and O–H groups in total. The number of carbonyl (C=O) groups is 2. The van der Waals surface area contributed by atoms with Gasteiger partial charge in [0.1, 0.15) is 5.60 Å². The summed E-state index contributed by atoms with van der Waals surface area (Å²) in [6.45, 7) is 9.51. The molecule has 0 saturated heterocycles. The highest BCUT2D eigenvalue weighted by Crippen LogP contribution is 2.46. The maximum atomic E-state index is 12.5. The van der Waals surface area contributed by atoms with Crippen molar-refractivity contribution in [2.45, 2.75) is 45.6 Å². The van der Waals surface area contributed by atoms with Gasteiger partial charge in [-0.05, 0) is 45.1 Å². The summed E-state index contributed by atoms with van der Waals surface area (Å²) in [6.07, 6.45) is 2.51. The standard InChI is InChI=1S/C18H22N2O3/c1-9-15-13(17(22)23-18(9,3)4)8-12(11-6-7-11)14(10(2)20-15)16(21)19-5/h11H,1,6-8H2,2-5H3,(H,19,21). The molecular formula is C18H22N2O3. The first-order valence-electron chi connectivity index (χ1n) is 7.93. The van der Waals surface area contributed by atoms with Gasteiger partial charge in [0.25, 0.3) is 5.91 Å². The Morgan fingerprint density at radius 1 is 1.39 bits per heavy atom. The minimum absolute atomic E-state index is 0.147. The summed E-state index contributed by atoms with van der Waals surface area (Å²) in [4.78, 5) is 29.4. The van der Waals surface area contributed by atoms with E-state index >= 15 is 0 Å². The minimum atomic E-state index is -0.781. The molecule has 3 rings (SSSR count). The fourth-order valence-corrected chi connectivity index (χ4v) is 3.16. The normalized spacial score (nSPS) is 23.9. The second-order valence-corrected chi connectivity index (χ2v) is 6.83. The smallest absolute Gasteiger partial charge is 0.337 e. The molecule has 1 saturated carbocycles. The number of rotatable bonds is 2. The lowest BCUT2D eigenvalue weighted by Gasteiger charge is -2.33. The van der Waals surface area contributed by atoms with E-state index in [4.69, 9.17) is 4.74 Å². The highest BCUT2D eigenvalue weighted by atomic mass is 16.6. The third-order valence-corrected chi connectivity index (χ3v) is 4.75. The summed E-state index contributed by atoms with van der Waals surface area (Å²) in [7, 11) is 1.61. The molecule has 0 spiro atoms. The zero-order chi connectivity index (χ0) is 16.9. The number of hydrogen-bond donors (Lipinski definition) is 1. The molecule has 0 atom stereocenters. The van der Waals surface area contributed by atoms with Crippen molar-refractivity contribution in [3.8, 4) is 0 Å². The second-order valence-electron chi connectivity index (χ2n) is 6.83. The number of likely N-dealkylation sites (N-methyl/N-ethyl adjacent to an activating group) is 1. The number of allylic oxidation sites excluding steroid dienone is 1. The average molecular weight is 314 g/mol. The van der Waals surface area contributed by atoms with Gasteiger partial charge in [0.05, 0.1) is 22.6 Å². The lowest BCUT2D eigenvalue weighted by molar-refractivity contribution is -0.149. The van der Waals surface area contributed by atoms with Gasteiger partial charge in [-0.15, -0.1) is 0 Å². The number of hydrogen-bond acceptors (Lipinski definition) is 4. The second kappa shape index (κ2) is 5.18. The summed E-state index contributed by atoms with van der Waals surface area (Å²) in [5, 5.41) is 2.69. The van der Waals surface area contributed by atoms with E-state index in [-0.39, 0.29) is 11.9 Å². The number of carbonyl (C=O) groups excluding carboxylic acids is 2. The fourth-order valence-electron chi connectivity index (χ4n) is 3.16. The van der Waals surface area contributed by atoms with Crippen LogP contribution in [0, 0.1) is 5.92 Å². The quantitative estimate of drug-likeness (QED) is 0.796. The first-order chi connectivity index (χ1) is 10.8. The third-order valence-electron chi connectivity index (χ3n) is 4.75. The zero-order valence-corrected chi connectivity index (χ0v) is 14.1. The van der Waals surface area contributed by atoms with Crippen LogP contribution in [0.15, 0.2) is 39.6 Å². The molecule has 122 valence electrons. The predicted octanol–water partition coefficient (Wildman–Crippen LogP) is 2.45. The zero-order valence-electron chi connectivity index (χ0n) is 14.1. The van der Waals surface area contributed by atoms with Crippen molar-refractivity contribution >= 4 is 17.6 Å². The molecule has 0 aromatic carbocycles. The summed E-state index contributed by atoms with van der Waals surface area (Å²) < 4.78 is 5.53. The highest BCUT2D eigenvalue weighted by Gasteiger charge is 2.42. The van der Waals surface area contributed by atoms with E-state index in [1.165, 1.54) is 0 Å². The Labute approximate surface area is 136 Å². The van der Waals surface area contributed by atoms with Crippen LogP contribution in [0.1, 0.15) is 40.0 Å². The van der Waals surface area contributed by atoms with E-state index in [9.17, 15) is 9.59 Å². The van der Waals surface area contributed by atoms with Gasteiger partial charge in [-0.3, -0.25) is 9.79 Å². The largest absolute Gasteiger partial charge is 0.451 e. The molecule has 0 aromatic heterocycles. The molecule has 1 fully saturated rings.